The number of hydrogen-bond acceptors (Lipinski definition) is 3. The Bertz CT molecular complexity index is 664. The molecule has 2 aromatic rings. The third-order valence-electron chi connectivity index (χ3n) is 4.68. The van der Waals surface area contributed by atoms with Crippen molar-refractivity contribution in [3.8, 4) is 0 Å². The first-order valence-electron chi connectivity index (χ1n) is 8.03. The van der Waals surface area contributed by atoms with E-state index in [2.05, 4.69) is 41.5 Å². The van der Waals surface area contributed by atoms with Crippen molar-refractivity contribution in [3.63, 3.8) is 0 Å². The molecule has 23 heavy (non-hydrogen) atoms. The molecule has 2 heterocycles. The van der Waals surface area contributed by atoms with Gasteiger partial charge in [-0.3, -0.25) is 9.78 Å². The lowest BCUT2D eigenvalue weighted by molar-refractivity contribution is 0.0485. The quantitative estimate of drug-likeness (QED) is 0.945. The normalized spacial score (nSPS) is 16.7. The Labute approximate surface area is 136 Å². The minimum Gasteiger partial charge on any atom is -0.381 e. The summed E-state index contributed by atoms with van der Waals surface area (Å²) in [5, 5.41) is 3.10. The van der Waals surface area contributed by atoms with E-state index >= 15 is 0 Å². The lowest BCUT2D eigenvalue weighted by atomic mass is 9.72. The van der Waals surface area contributed by atoms with E-state index in [0.717, 1.165) is 26.1 Å². The topological polar surface area (TPSA) is 51.2 Å². The van der Waals surface area contributed by atoms with Crippen molar-refractivity contribution in [2.45, 2.75) is 25.2 Å². The van der Waals surface area contributed by atoms with Gasteiger partial charge in [-0.25, -0.2) is 0 Å². The van der Waals surface area contributed by atoms with Gasteiger partial charge < -0.3 is 10.1 Å². The molecule has 1 aliphatic rings. The number of rotatable bonds is 4. The zero-order valence-electron chi connectivity index (χ0n) is 13.4. The van der Waals surface area contributed by atoms with Crippen LogP contribution in [0.25, 0.3) is 0 Å². The molecule has 120 valence electrons. The number of carbonyl (C=O) groups is 1. The molecular weight excluding hydrogens is 288 g/mol. The molecule has 1 saturated heterocycles. The van der Waals surface area contributed by atoms with E-state index in [4.69, 9.17) is 4.74 Å². The summed E-state index contributed by atoms with van der Waals surface area (Å²) in [5.41, 5.74) is 3.13. The van der Waals surface area contributed by atoms with E-state index in [1.807, 2.05) is 0 Å². The number of benzene rings is 1. The van der Waals surface area contributed by atoms with Crippen molar-refractivity contribution in [2.75, 3.05) is 19.8 Å². The highest BCUT2D eigenvalue weighted by atomic mass is 16.5. The number of hydrogen-bond donors (Lipinski definition) is 1. The second-order valence-corrected chi connectivity index (χ2v) is 6.13. The lowest BCUT2D eigenvalue weighted by Crippen LogP contribution is -2.45. The van der Waals surface area contributed by atoms with Gasteiger partial charge in [0.2, 0.25) is 0 Å². The van der Waals surface area contributed by atoms with Crippen LogP contribution in [0.4, 0.5) is 0 Å². The van der Waals surface area contributed by atoms with Crippen LogP contribution in [0.15, 0.2) is 48.8 Å². The highest BCUT2D eigenvalue weighted by Crippen LogP contribution is 2.36. The highest BCUT2D eigenvalue weighted by Gasteiger charge is 2.35. The molecule has 0 bridgehead atoms. The SMILES string of the molecule is Cc1ccccc1C1(CNC(=O)c2cccnc2)CCOCC1. The van der Waals surface area contributed by atoms with Gasteiger partial charge in [0.1, 0.15) is 0 Å². The molecule has 1 aromatic heterocycles. The summed E-state index contributed by atoms with van der Waals surface area (Å²) in [6.45, 7) is 4.22. The van der Waals surface area contributed by atoms with Gasteiger partial charge in [0, 0.05) is 37.6 Å². The standard InChI is InChI=1S/C19H22N2O2/c1-15-5-2-3-7-17(15)19(8-11-23-12-9-19)14-21-18(22)16-6-4-10-20-13-16/h2-7,10,13H,8-9,11-12,14H2,1H3,(H,21,22). The van der Waals surface area contributed by atoms with Crippen LogP contribution in [-0.2, 0) is 10.2 Å². The summed E-state index contributed by atoms with van der Waals surface area (Å²) >= 11 is 0. The van der Waals surface area contributed by atoms with Gasteiger partial charge in [-0.15, -0.1) is 0 Å². The zero-order valence-corrected chi connectivity index (χ0v) is 13.4. The summed E-state index contributed by atoms with van der Waals surface area (Å²) < 4.78 is 5.55. The first kappa shape index (κ1) is 15.7. The van der Waals surface area contributed by atoms with Crippen molar-refractivity contribution in [2.24, 2.45) is 0 Å². The molecule has 1 N–H and O–H groups in total. The molecule has 4 heteroatoms. The summed E-state index contributed by atoms with van der Waals surface area (Å²) in [6.07, 6.45) is 5.11. The first-order chi connectivity index (χ1) is 11.2. The van der Waals surface area contributed by atoms with Gasteiger partial charge in [-0.05, 0) is 43.0 Å². The molecule has 0 aliphatic carbocycles. The van der Waals surface area contributed by atoms with Gasteiger partial charge in [-0.2, -0.15) is 0 Å². The number of amides is 1. The van der Waals surface area contributed by atoms with E-state index in [9.17, 15) is 4.79 Å². The number of ether oxygens (including phenoxy) is 1. The minimum absolute atomic E-state index is 0.0541. The predicted octanol–water partition coefficient (Wildman–Crippen LogP) is 2.87. The van der Waals surface area contributed by atoms with Crippen LogP contribution in [0.5, 0.6) is 0 Å². The van der Waals surface area contributed by atoms with Crippen molar-refractivity contribution >= 4 is 5.91 Å². The molecule has 0 atom stereocenters. The first-order valence-corrected chi connectivity index (χ1v) is 8.03. The Morgan fingerprint density at radius 2 is 2.00 bits per heavy atom. The Hall–Kier alpha value is -2.20. The zero-order chi connectivity index (χ0) is 16.1. The van der Waals surface area contributed by atoms with E-state index in [1.165, 1.54) is 11.1 Å². The summed E-state index contributed by atoms with van der Waals surface area (Å²) in [5.74, 6) is -0.0717. The van der Waals surface area contributed by atoms with Gasteiger partial charge in [-0.1, -0.05) is 24.3 Å². The van der Waals surface area contributed by atoms with Gasteiger partial charge in [0.15, 0.2) is 0 Å². The number of aromatic nitrogens is 1. The third kappa shape index (κ3) is 3.42. The fourth-order valence-electron chi connectivity index (χ4n) is 3.32. The van der Waals surface area contributed by atoms with E-state index in [1.54, 1.807) is 24.5 Å². The molecule has 4 nitrogen and oxygen atoms in total. The van der Waals surface area contributed by atoms with Gasteiger partial charge in [0.05, 0.1) is 5.56 Å². The van der Waals surface area contributed by atoms with Crippen LogP contribution in [0.1, 0.15) is 34.3 Å². The maximum atomic E-state index is 12.4. The van der Waals surface area contributed by atoms with Crippen molar-refractivity contribution < 1.29 is 9.53 Å². The average Bonchev–Trinajstić information content (AvgIpc) is 2.61. The predicted molar refractivity (Wildman–Crippen MR) is 89.5 cm³/mol. The molecule has 1 fully saturated rings. The third-order valence-corrected chi connectivity index (χ3v) is 4.68. The molecule has 1 aliphatic heterocycles. The van der Waals surface area contributed by atoms with Crippen LogP contribution in [-0.4, -0.2) is 30.6 Å². The lowest BCUT2D eigenvalue weighted by Gasteiger charge is -2.39. The Kier molecular flexibility index (Phi) is 4.72. The summed E-state index contributed by atoms with van der Waals surface area (Å²) in [6, 6.07) is 12.0. The summed E-state index contributed by atoms with van der Waals surface area (Å²) in [4.78, 5) is 16.4. The van der Waals surface area contributed by atoms with E-state index < -0.39 is 0 Å². The van der Waals surface area contributed by atoms with Crippen LogP contribution < -0.4 is 5.32 Å². The second kappa shape index (κ2) is 6.92. The number of pyridine rings is 1. The Balaban J connectivity index is 1.80. The van der Waals surface area contributed by atoms with Crippen molar-refractivity contribution in [3.05, 3.63) is 65.5 Å². The second-order valence-electron chi connectivity index (χ2n) is 6.13. The van der Waals surface area contributed by atoms with Crippen LogP contribution in [0, 0.1) is 6.92 Å². The monoisotopic (exact) mass is 310 g/mol. The Morgan fingerprint density at radius 3 is 2.70 bits per heavy atom. The number of nitrogens with zero attached hydrogens (tertiary/aromatic N) is 1. The number of nitrogens with one attached hydrogen (secondary N) is 1. The molecule has 3 rings (SSSR count). The molecule has 1 amide bonds. The van der Waals surface area contributed by atoms with Crippen LogP contribution >= 0.6 is 0 Å². The Morgan fingerprint density at radius 1 is 1.22 bits per heavy atom. The molecule has 0 radical (unpaired) electrons. The van der Waals surface area contributed by atoms with Gasteiger partial charge >= 0.3 is 0 Å². The van der Waals surface area contributed by atoms with Gasteiger partial charge in [0.25, 0.3) is 5.91 Å². The smallest absolute Gasteiger partial charge is 0.252 e. The van der Waals surface area contributed by atoms with E-state index in [-0.39, 0.29) is 11.3 Å². The fraction of sp³-hybridized carbons (Fsp3) is 0.368. The molecule has 0 unspecified atom stereocenters. The van der Waals surface area contributed by atoms with Crippen molar-refractivity contribution in [1.82, 2.24) is 10.3 Å². The van der Waals surface area contributed by atoms with E-state index in [0.29, 0.717) is 12.1 Å². The van der Waals surface area contributed by atoms with Crippen LogP contribution in [0.3, 0.4) is 0 Å². The summed E-state index contributed by atoms with van der Waals surface area (Å²) in [7, 11) is 0. The maximum Gasteiger partial charge on any atom is 0.252 e. The largest absolute Gasteiger partial charge is 0.381 e. The highest BCUT2D eigenvalue weighted by molar-refractivity contribution is 5.93. The average molecular weight is 310 g/mol. The molecule has 1 aromatic carbocycles. The number of carbonyl (C=O) groups excluding carboxylic acids is 1. The number of aryl methyl sites for hydroxylation is 1. The molecule has 0 spiro atoms. The van der Waals surface area contributed by atoms with Crippen molar-refractivity contribution in [1.29, 1.82) is 0 Å². The molecular formula is C19H22N2O2. The molecule has 0 saturated carbocycles. The maximum absolute atomic E-state index is 12.4. The van der Waals surface area contributed by atoms with Crippen LogP contribution in [0.2, 0.25) is 0 Å². The fourth-order valence-corrected chi connectivity index (χ4v) is 3.32. The minimum atomic E-state index is -0.0717.